The summed E-state index contributed by atoms with van der Waals surface area (Å²) in [4.78, 5) is 9.32. The van der Waals surface area contributed by atoms with Crippen molar-refractivity contribution in [3.63, 3.8) is 0 Å². The Balaban J connectivity index is 0.00000276. The molecule has 0 aliphatic rings. The molecule has 0 spiro atoms. The Kier molecular flexibility index (Phi) is 6.34. The minimum absolute atomic E-state index is 0. The van der Waals surface area contributed by atoms with E-state index < -0.39 is 0 Å². The Morgan fingerprint density at radius 1 is 0.585 bits per heavy atom. The molecule has 0 aliphatic heterocycles. The second-order valence-electron chi connectivity index (χ2n) is 9.74. The molecule has 0 unspecified atom stereocenters. The summed E-state index contributed by atoms with van der Waals surface area (Å²) in [6.07, 6.45) is 3.70. The van der Waals surface area contributed by atoms with Crippen molar-refractivity contribution in [3.8, 4) is 28.6 Å². The fraction of sp³-hybridized carbons (Fsp3) is 0. The third kappa shape index (κ3) is 4.37. The average molecular weight is 707 g/mol. The van der Waals surface area contributed by atoms with Crippen molar-refractivity contribution in [2.24, 2.45) is 0 Å². The summed E-state index contributed by atoms with van der Waals surface area (Å²) in [5, 5.41) is 6.60. The summed E-state index contributed by atoms with van der Waals surface area (Å²) < 4.78 is 8.42. The first-order valence-corrected chi connectivity index (χ1v) is 13.2. The number of ether oxygens (including phenoxy) is 1. The van der Waals surface area contributed by atoms with Crippen LogP contribution in [0, 0.1) is 12.1 Å². The van der Waals surface area contributed by atoms with Crippen molar-refractivity contribution < 1.29 is 25.8 Å². The second-order valence-corrected chi connectivity index (χ2v) is 9.74. The fourth-order valence-electron chi connectivity index (χ4n) is 5.42. The van der Waals surface area contributed by atoms with Crippen molar-refractivity contribution in [3.05, 3.63) is 140 Å². The Labute approximate surface area is 251 Å². The van der Waals surface area contributed by atoms with E-state index in [1.54, 1.807) is 6.20 Å². The molecule has 8 rings (SSSR count). The molecule has 0 saturated heterocycles. The number of rotatable bonds is 4. The summed E-state index contributed by atoms with van der Waals surface area (Å²) >= 11 is 0. The predicted octanol–water partition coefficient (Wildman–Crippen LogP) is 8.94. The number of para-hydroxylation sites is 1. The fourth-order valence-corrected chi connectivity index (χ4v) is 5.42. The van der Waals surface area contributed by atoms with Crippen molar-refractivity contribution in [2.75, 3.05) is 0 Å². The zero-order chi connectivity index (χ0) is 26.5. The van der Waals surface area contributed by atoms with Crippen LogP contribution in [0.25, 0.3) is 60.3 Å². The maximum atomic E-state index is 6.23. The van der Waals surface area contributed by atoms with Gasteiger partial charge in [-0.15, -0.1) is 18.2 Å². The quantitative estimate of drug-likeness (QED) is 0.172. The largest absolute Gasteiger partial charge is 2.00 e. The van der Waals surface area contributed by atoms with E-state index in [0.717, 1.165) is 54.9 Å². The summed E-state index contributed by atoms with van der Waals surface area (Å²) in [5.41, 5.74) is 3.88. The molecule has 0 fully saturated rings. The Morgan fingerprint density at radius 3 is 2.24 bits per heavy atom. The predicted molar refractivity (Wildman–Crippen MR) is 161 cm³/mol. The van der Waals surface area contributed by atoms with Crippen LogP contribution in [0.1, 0.15) is 0 Å². The van der Waals surface area contributed by atoms with Gasteiger partial charge < -0.3 is 9.30 Å². The molecule has 3 aromatic heterocycles. The third-order valence-corrected chi connectivity index (χ3v) is 7.33. The summed E-state index contributed by atoms with van der Waals surface area (Å²) in [7, 11) is 0. The van der Waals surface area contributed by atoms with E-state index in [-0.39, 0.29) is 21.1 Å². The van der Waals surface area contributed by atoms with E-state index in [9.17, 15) is 0 Å². The van der Waals surface area contributed by atoms with Gasteiger partial charge in [-0.25, -0.2) is 21.1 Å². The standard InChI is InChI=1S/C36H21N3O.Pt/c1-2-10-28-23-38-35(22-26(28)9-1)39-33-15-6-5-14-31(33)32-17-16-27(21-34(32)39)25-11-7-12-29(20-25)40-36-30-13-4-3-8-24(30)18-19-37-36;/h1-19,22-23H;/q-2;+2. The van der Waals surface area contributed by atoms with Crippen LogP contribution in [-0.4, -0.2) is 14.5 Å². The number of aromatic nitrogens is 3. The number of benzene rings is 5. The van der Waals surface area contributed by atoms with Crippen molar-refractivity contribution >= 4 is 43.4 Å². The smallest absolute Gasteiger partial charge is 0.459 e. The van der Waals surface area contributed by atoms with E-state index >= 15 is 0 Å². The first-order valence-electron chi connectivity index (χ1n) is 13.2. The number of fused-ring (bicyclic) bond motifs is 5. The van der Waals surface area contributed by atoms with Crippen molar-refractivity contribution in [1.82, 2.24) is 14.5 Å². The molecule has 0 radical (unpaired) electrons. The minimum Gasteiger partial charge on any atom is -0.459 e. The topological polar surface area (TPSA) is 39.9 Å². The van der Waals surface area contributed by atoms with Crippen LogP contribution in [0.15, 0.2) is 128 Å². The monoisotopic (exact) mass is 706 g/mol. The van der Waals surface area contributed by atoms with E-state index in [1.807, 2.05) is 54.7 Å². The van der Waals surface area contributed by atoms with Crippen LogP contribution in [0.3, 0.4) is 0 Å². The zero-order valence-corrected chi connectivity index (χ0v) is 24.0. The molecule has 0 amide bonds. The second kappa shape index (κ2) is 10.3. The van der Waals surface area contributed by atoms with Gasteiger partial charge in [-0.2, -0.15) is 24.3 Å². The molecule has 0 bridgehead atoms. The molecular formula is C36H21N3OPt. The van der Waals surface area contributed by atoms with Crippen molar-refractivity contribution in [1.29, 1.82) is 0 Å². The first-order chi connectivity index (χ1) is 19.8. The maximum Gasteiger partial charge on any atom is 2.00 e. The van der Waals surface area contributed by atoms with E-state index in [0.29, 0.717) is 11.6 Å². The van der Waals surface area contributed by atoms with E-state index in [4.69, 9.17) is 9.72 Å². The van der Waals surface area contributed by atoms with Gasteiger partial charge in [-0.3, -0.25) is 0 Å². The maximum absolute atomic E-state index is 6.23. The summed E-state index contributed by atoms with van der Waals surface area (Å²) in [6, 6.07) is 46.2. The van der Waals surface area contributed by atoms with Gasteiger partial charge in [-0.1, -0.05) is 66.0 Å². The number of pyridine rings is 2. The van der Waals surface area contributed by atoms with Gasteiger partial charge >= 0.3 is 21.1 Å². The summed E-state index contributed by atoms with van der Waals surface area (Å²) in [5.74, 6) is 2.03. The molecule has 5 aromatic carbocycles. The van der Waals surface area contributed by atoms with Gasteiger partial charge in [-0.05, 0) is 45.9 Å². The molecule has 5 heteroatoms. The molecular weight excluding hydrogens is 685 g/mol. The van der Waals surface area contributed by atoms with E-state index in [2.05, 4.69) is 88.4 Å². The minimum atomic E-state index is 0. The van der Waals surface area contributed by atoms with E-state index in [1.165, 1.54) is 5.39 Å². The first kappa shape index (κ1) is 25.2. The van der Waals surface area contributed by atoms with Gasteiger partial charge in [0.05, 0.1) is 0 Å². The van der Waals surface area contributed by atoms with Crippen LogP contribution in [0.2, 0.25) is 0 Å². The molecule has 41 heavy (non-hydrogen) atoms. The van der Waals surface area contributed by atoms with Crippen LogP contribution in [0.5, 0.6) is 11.6 Å². The molecule has 3 heterocycles. The van der Waals surface area contributed by atoms with Crippen LogP contribution in [0.4, 0.5) is 0 Å². The van der Waals surface area contributed by atoms with Gasteiger partial charge in [0.15, 0.2) is 0 Å². The molecule has 196 valence electrons. The molecule has 0 N–H and O–H groups in total. The van der Waals surface area contributed by atoms with Gasteiger partial charge in [0.25, 0.3) is 0 Å². The van der Waals surface area contributed by atoms with Gasteiger partial charge in [0, 0.05) is 34.4 Å². The number of hydrogen-bond donors (Lipinski definition) is 0. The normalized spacial score (nSPS) is 11.2. The zero-order valence-electron chi connectivity index (χ0n) is 21.7. The Morgan fingerprint density at radius 2 is 1.34 bits per heavy atom. The number of hydrogen-bond acceptors (Lipinski definition) is 3. The molecule has 0 atom stereocenters. The van der Waals surface area contributed by atoms with Gasteiger partial charge in [0.2, 0.25) is 5.88 Å². The molecule has 0 aliphatic carbocycles. The molecule has 0 saturated carbocycles. The Hall–Kier alpha value is -4.79. The average Bonchev–Trinajstić information content (AvgIpc) is 3.35. The number of nitrogens with zero attached hydrogens (tertiary/aromatic N) is 3. The van der Waals surface area contributed by atoms with Gasteiger partial charge in [0.1, 0.15) is 5.82 Å². The SMILES string of the molecule is [Pt+2].[c-]1c(Oc2nccc3ccccc23)cccc1-c1[c-]c2c(cc1)c1ccccc1n2-c1cc2ccccc2cn1. The molecule has 8 aromatic rings. The molecule has 4 nitrogen and oxygen atoms in total. The van der Waals surface area contributed by atoms with Crippen molar-refractivity contribution in [2.45, 2.75) is 0 Å². The van der Waals surface area contributed by atoms with Crippen LogP contribution < -0.4 is 4.74 Å². The third-order valence-electron chi connectivity index (χ3n) is 7.33. The Bertz CT molecular complexity index is 2210. The summed E-state index contributed by atoms with van der Waals surface area (Å²) in [6.45, 7) is 0. The van der Waals surface area contributed by atoms with Crippen LogP contribution >= 0.6 is 0 Å². The van der Waals surface area contributed by atoms with Crippen LogP contribution in [-0.2, 0) is 21.1 Å².